The Kier molecular flexibility index (Phi) is 5.13. The molecule has 0 amide bonds. The van der Waals surface area contributed by atoms with E-state index < -0.39 is 10.2 Å². The molecule has 0 aliphatic rings. The maximum absolute atomic E-state index is 12.0. The zero-order valence-electron chi connectivity index (χ0n) is 10.2. The second-order valence-electron chi connectivity index (χ2n) is 3.86. The Balaban J connectivity index is 2.63. The maximum atomic E-state index is 12.0. The van der Waals surface area contributed by atoms with Gasteiger partial charge in [-0.3, -0.25) is 0 Å². The first-order valence-electron chi connectivity index (χ1n) is 5.37. The summed E-state index contributed by atoms with van der Waals surface area (Å²) in [6.45, 7) is 1.20. The molecule has 0 saturated heterocycles. The third kappa shape index (κ3) is 3.81. The van der Waals surface area contributed by atoms with E-state index in [1.54, 1.807) is 20.2 Å². The quantitative estimate of drug-likeness (QED) is 0.762. The molecule has 0 fully saturated rings. The van der Waals surface area contributed by atoms with Crippen LogP contribution in [-0.4, -0.2) is 44.2 Å². The van der Waals surface area contributed by atoms with Crippen LogP contribution in [0.15, 0.2) is 23.0 Å². The molecule has 1 heterocycles. The van der Waals surface area contributed by atoms with E-state index >= 15 is 0 Å². The second-order valence-corrected chi connectivity index (χ2v) is 6.00. The topological polar surface area (TPSA) is 79.8 Å². The number of rotatable bonds is 7. The lowest BCUT2D eigenvalue weighted by molar-refractivity contribution is 0.386. The summed E-state index contributed by atoms with van der Waals surface area (Å²) in [6.07, 6.45) is 3.70. The van der Waals surface area contributed by atoms with Gasteiger partial charge in [0.1, 0.15) is 0 Å². The van der Waals surface area contributed by atoms with E-state index in [0.29, 0.717) is 26.1 Å². The summed E-state index contributed by atoms with van der Waals surface area (Å²) in [7, 11) is -0.322. The van der Waals surface area contributed by atoms with Crippen LogP contribution >= 0.6 is 0 Å². The van der Waals surface area contributed by atoms with E-state index in [1.165, 1.54) is 21.1 Å². The molecule has 0 aromatic carbocycles. The molecule has 17 heavy (non-hydrogen) atoms. The van der Waals surface area contributed by atoms with Gasteiger partial charge in [0, 0.05) is 32.7 Å². The smallest absolute Gasteiger partial charge is 0.281 e. The van der Waals surface area contributed by atoms with Crippen molar-refractivity contribution in [2.75, 3.05) is 27.2 Å². The third-order valence-electron chi connectivity index (χ3n) is 2.45. The van der Waals surface area contributed by atoms with Gasteiger partial charge < -0.3 is 10.2 Å². The minimum absolute atomic E-state index is 0.297. The van der Waals surface area contributed by atoms with Crippen molar-refractivity contribution in [3.05, 3.63) is 24.2 Å². The van der Waals surface area contributed by atoms with E-state index in [1.807, 2.05) is 0 Å². The van der Waals surface area contributed by atoms with Crippen LogP contribution in [0, 0.1) is 0 Å². The molecule has 1 aromatic rings. The summed E-state index contributed by atoms with van der Waals surface area (Å²) in [5.74, 6) is 0. The molecule has 1 rings (SSSR count). The predicted molar refractivity (Wildman–Crippen MR) is 65.4 cm³/mol. The molecule has 6 nitrogen and oxygen atoms in total. The SMILES string of the molecule is CN(CCCN)S(=O)(=O)N(C)Cc1ccoc1. The van der Waals surface area contributed by atoms with Crippen LogP contribution in [0.3, 0.4) is 0 Å². The predicted octanol–water partition coefficient (Wildman–Crippen LogP) is 0.237. The van der Waals surface area contributed by atoms with Crippen LogP contribution < -0.4 is 5.73 Å². The van der Waals surface area contributed by atoms with E-state index in [4.69, 9.17) is 10.2 Å². The van der Waals surface area contributed by atoms with Crippen molar-refractivity contribution in [3.8, 4) is 0 Å². The van der Waals surface area contributed by atoms with Crippen molar-refractivity contribution in [1.29, 1.82) is 0 Å². The van der Waals surface area contributed by atoms with Gasteiger partial charge in [0.05, 0.1) is 12.5 Å². The van der Waals surface area contributed by atoms with Crippen molar-refractivity contribution < 1.29 is 12.8 Å². The number of hydrogen-bond donors (Lipinski definition) is 1. The van der Waals surface area contributed by atoms with Gasteiger partial charge in [0.15, 0.2) is 0 Å². The lowest BCUT2D eigenvalue weighted by atomic mass is 10.3. The molecule has 0 atom stereocenters. The lowest BCUT2D eigenvalue weighted by Gasteiger charge is -2.23. The van der Waals surface area contributed by atoms with Crippen molar-refractivity contribution >= 4 is 10.2 Å². The number of nitrogens with zero attached hydrogens (tertiary/aromatic N) is 2. The Morgan fingerprint density at radius 3 is 2.59 bits per heavy atom. The van der Waals surface area contributed by atoms with Gasteiger partial charge in [-0.15, -0.1) is 0 Å². The molecule has 7 heteroatoms. The Hall–Kier alpha value is -0.890. The van der Waals surface area contributed by atoms with E-state index in [0.717, 1.165) is 5.56 Å². The maximum Gasteiger partial charge on any atom is 0.281 e. The van der Waals surface area contributed by atoms with Gasteiger partial charge >= 0.3 is 0 Å². The average Bonchev–Trinajstić information content (AvgIpc) is 2.78. The molecule has 0 aliphatic carbocycles. The summed E-state index contributed by atoms with van der Waals surface area (Å²) in [4.78, 5) is 0. The minimum atomic E-state index is -3.42. The second kappa shape index (κ2) is 6.15. The van der Waals surface area contributed by atoms with Gasteiger partial charge in [-0.05, 0) is 19.0 Å². The Labute approximate surface area is 102 Å². The molecule has 0 radical (unpaired) electrons. The first-order chi connectivity index (χ1) is 7.98. The van der Waals surface area contributed by atoms with Crippen molar-refractivity contribution in [2.45, 2.75) is 13.0 Å². The van der Waals surface area contributed by atoms with Gasteiger partial charge in [0.25, 0.3) is 10.2 Å². The largest absolute Gasteiger partial charge is 0.472 e. The molecule has 2 N–H and O–H groups in total. The van der Waals surface area contributed by atoms with Gasteiger partial charge in [-0.25, -0.2) is 0 Å². The average molecular weight is 261 g/mol. The van der Waals surface area contributed by atoms with Gasteiger partial charge in [-0.1, -0.05) is 0 Å². The molecule has 0 spiro atoms. The van der Waals surface area contributed by atoms with Gasteiger partial charge in [-0.2, -0.15) is 17.0 Å². The summed E-state index contributed by atoms with van der Waals surface area (Å²) in [6, 6.07) is 1.74. The normalized spacial score (nSPS) is 12.5. The molecule has 0 aliphatic heterocycles. The molecule has 1 aromatic heterocycles. The van der Waals surface area contributed by atoms with E-state index in [2.05, 4.69) is 0 Å². The molecule has 98 valence electrons. The molecule has 0 unspecified atom stereocenters. The monoisotopic (exact) mass is 261 g/mol. The van der Waals surface area contributed by atoms with Crippen LogP contribution in [0.25, 0.3) is 0 Å². The minimum Gasteiger partial charge on any atom is -0.472 e. The molecule has 0 saturated carbocycles. The summed E-state index contributed by atoms with van der Waals surface area (Å²) in [5.41, 5.74) is 6.18. The molecular weight excluding hydrogens is 242 g/mol. The van der Waals surface area contributed by atoms with Gasteiger partial charge in [0.2, 0.25) is 0 Å². The van der Waals surface area contributed by atoms with Crippen LogP contribution in [0.2, 0.25) is 0 Å². The zero-order chi connectivity index (χ0) is 12.9. The van der Waals surface area contributed by atoms with Crippen molar-refractivity contribution in [3.63, 3.8) is 0 Å². The van der Waals surface area contributed by atoms with Crippen LogP contribution in [0.1, 0.15) is 12.0 Å². The Morgan fingerprint density at radius 1 is 1.35 bits per heavy atom. The summed E-state index contributed by atoms with van der Waals surface area (Å²) >= 11 is 0. The zero-order valence-corrected chi connectivity index (χ0v) is 11.0. The Morgan fingerprint density at radius 2 is 2.06 bits per heavy atom. The first-order valence-corrected chi connectivity index (χ1v) is 6.77. The number of nitrogens with two attached hydrogens (primary N) is 1. The molecular formula is C10H19N3O3S. The van der Waals surface area contributed by atoms with E-state index in [-0.39, 0.29) is 0 Å². The fourth-order valence-corrected chi connectivity index (χ4v) is 2.54. The van der Waals surface area contributed by atoms with E-state index in [9.17, 15) is 8.42 Å². The highest BCUT2D eigenvalue weighted by molar-refractivity contribution is 7.86. The third-order valence-corrected chi connectivity index (χ3v) is 4.34. The highest BCUT2D eigenvalue weighted by Crippen LogP contribution is 2.10. The fraction of sp³-hybridized carbons (Fsp3) is 0.600. The standard InChI is InChI=1S/C10H19N3O3S/c1-12(6-3-5-11)17(14,15)13(2)8-10-4-7-16-9-10/h4,7,9H,3,5-6,8,11H2,1-2H3. The Bertz CT molecular complexity index is 416. The summed E-state index contributed by atoms with van der Waals surface area (Å²) < 4.78 is 31.6. The molecule has 0 bridgehead atoms. The number of hydrogen-bond acceptors (Lipinski definition) is 4. The number of furan rings is 1. The highest BCUT2D eigenvalue weighted by Gasteiger charge is 2.23. The summed E-state index contributed by atoms with van der Waals surface area (Å²) in [5, 5.41) is 0. The van der Waals surface area contributed by atoms with Crippen LogP contribution in [-0.2, 0) is 16.8 Å². The van der Waals surface area contributed by atoms with Crippen molar-refractivity contribution in [2.24, 2.45) is 5.73 Å². The van der Waals surface area contributed by atoms with Crippen LogP contribution in [0.5, 0.6) is 0 Å². The lowest BCUT2D eigenvalue weighted by Crippen LogP contribution is -2.40. The highest BCUT2D eigenvalue weighted by atomic mass is 32.2. The first kappa shape index (κ1) is 14.2. The van der Waals surface area contributed by atoms with Crippen molar-refractivity contribution in [1.82, 2.24) is 8.61 Å². The van der Waals surface area contributed by atoms with Crippen LogP contribution in [0.4, 0.5) is 0 Å². The fourth-order valence-electron chi connectivity index (χ4n) is 1.39.